The van der Waals surface area contributed by atoms with Crippen LogP contribution in [0.15, 0.2) is 35.5 Å². The molecule has 0 fully saturated rings. The van der Waals surface area contributed by atoms with Gasteiger partial charge >= 0.3 is 6.18 Å². The Bertz CT molecular complexity index is 738. The van der Waals surface area contributed by atoms with Crippen molar-refractivity contribution in [1.29, 1.82) is 0 Å². The number of rotatable bonds is 3. The Labute approximate surface area is 131 Å². The molecule has 0 bridgehead atoms. The molecule has 2 rings (SSSR count). The van der Waals surface area contributed by atoms with Crippen LogP contribution in [0.3, 0.4) is 0 Å². The third kappa shape index (κ3) is 3.89. The molecule has 0 amide bonds. The molecule has 0 aliphatic heterocycles. The van der Waals surface area contributed by atoms with Gasteiger partial charge in [-0.25, -0.2) is 8.78 Å². The summed E-state index contributed by atoms with van der Waals surface area (Å²) < 4.78 is 69.9. The minimum Gasteiger partial charge on any atom is -0.453 e. The van der Waals surface area contributed by atoms with Crippen LogP contribution >= 0.6 is 11.6 Å². The maximum atomic E-state index is 13.8. The Morgan fingerprint density at radius 1 is 1.09 bits per heavy atom. The van der Waals surface area contributed by atoms with Gasteiger partial charge in [-0.2, -0.15) is 13.2 Å². The number of alkyl halides is 3. The molecule has 1 N–H and O–H groups in total. The predicted molar refractivity (Wildman–Crippen MR) is 72.3 cm³/mol. The molecule has 0 aromatic heterocycles. The van der Waals surface area contributed by atoms with Gasteiger partial charge in [0.2, 0.25) is 0 Å². The molecule has 0 radical (unpaired) electrons. The van der Waals surface area contributed by atoms with Crippen molar-refractivity contribution in [3.8, 4) is 11.5 Å². The minimum absolute atomic E-state index is 0.109. The van der Waals surface area contributed by atoms with Crippen molar-refractivity contribution < 1.29 is 31.9 Å². The van der Waals surface area contributed by atoms with Crippen LogP contribution < -0.4 is 4.74 Å². The maximum absolute atomic E-state index is 13.8. The normalized spacial score (nSPS) is 11.9. The summed E-state index contributed by atoms with van der Waals surface area (Å²) in [7, 11) is 0. The fourth-order valence-corrected chi connectivity index (χ4v) is 1.93. The molecule has 23 heavy (non-hydrogen) atoms. The van der Waals surface area contributed by atoms with Crippen molar-refractivity contribution in [3.63, 3.8) is 0 Å². The van der Waals surface area contributed by atoms with E-state index in [1.165, 1.54) is 0 Å². The average molecular weight is 352 g/mol. The molecule has 9 heteroatoms. The topological polar surface area (TPSA) is 41.8 Å². The van der Waals surface area contributed by atoms with Crippen molar-refractivity contribution in [1.82, 2.24) is 0 Å². The summed E-state index contributed by atoms with van der Waals surface area (Å²) in [5.41, 5.74) is -1.44. The number of ether oxygens (including phenoxy) is 1. The highest BCUT2D eigenvalue weighted by molar-refractivity contribution is 6.32. The number of halogens is 6. The lowest BCUT2D eigenvalue weighted by Gasteiger charge is -2.12. The highest BCUT2D eigenvalue weighted by Gasteiger charge is 2.32. The summed E-state index contributed by atoms with van der Waals surface area (Å²) in [5.74, 6) is -2.82. The SMILES string of the molecule is O/N=C\c1cc(Oc2c(F)cc(C(F)(F)F)cc2Cl)ccc1F. The van der Waals surface area contributed by atoms with Crippen LogP contribution in [0.5, 0.6) is 11.5 Å². The Hall–Kier alpha value is -2.35. The molecule has 0 spiro atoms. The summed E-state index contributed by atoms with van der Waals surface area (Å²) in [4.78, 5) is 0. The van der Waals surface area contributed by atoms with Gasteiger partial charge in [-0.1, -0.05) is 16.8 Å². The fourth-order valence-electron chi connectivity index (χ4n) is 1.69. The average Bonchev–Trinajstić information content (AvgIpc) is 2.45. The van der Waals surface area contributed by atoms with E-state index in [0.717, 1.165) is 24.4 Å². The minimum atomic E-state index is -4.76. The van der Waals surface area contributed by atoms with Crippen molar-refractivity contribution >= 4 is 17.8 Å². The zero-order chi connectivity index (χ0) is 17.2. The highest BCUT2D eigenvalue weighted by Crippen LogP contribution is 2.38. The van der Waals surface area contributed by atoms with Crippen molar-refractivity contribution in [2.45, 2.75) is 6.18 Å². The molecule has 0 saturated carbocycles. The quantitative estimate of drug-likeness (QED) is 0.356. The lowest BCUT2D eigenvalue weighted by atomic mass is 10.2. The van der Waals surface area contributed by atoms with Gasteiger partial charge in [0.25, 0.3) is 0 Å². The van der Waals surface area contributed by atoms with E-state index in [1.54, 1.807) is 0 Å². The first-order valence-electron chi connectivity index (χ1n) is 5.93. The summed E-state index contributed by atoms with van der Waals surface area (Å²) >= 11 is 5.62. The van der Waals surface area contributed by atoms with Gasteiger partial charge < -0.3 is 9.94 Å². The second-order valence-corrected chi connectivity index (χ2v) is 4.70. The summed E-state index contributed by atoms with van der Waals surface area (Å²) in [5, 5.41) is 10.4. The van der Waals surface area contributed by atoms with Crippen LogP contribution in [0, 0.1) is 11.6 Å². The van der Waals surface area contributed by atoms with Crippen LogP contribution in [0.2, 0.25) is 5.02 Å². The standard InChI is InChI=1S/C14H7ClF5NO2/c15-10-4-8(14(18,19)20)5-12(17)13(10)23-9-1-2-11(16)7(3-9)6-21-22/h1-6,22H/b21-6-. The van der Waals surface area contributed by atoms with Gasteiger partial charge in [0.05, 0.1) is 16.8 Å². The summed E-state index contributed by atoms with van der Waals surface area (Å²) in [6.45, 7) is 0. The Kier molecular flexibility index (Phi) is 4.74. The van der Waals surface area contributed by atoms with E-state index in [0.29, 0.717) is 6.07 Å². The zero-order valence-corrected chi connectivity index (χ0v) is 11.8. The highest BCUT2D eigenvalue weighted by atomic mass is 35.5. The van der Waals surface area contributed by atoms with Crippen LogP contribution in [0.1, 0.15) is 11.1 Å². The van der Waals surface area contributed by atoms with Gasteiger partial charge in [-0.3, -0.25) is 0 Å². The first-order valence-corrected chi connectivity index (χ1v) is 6.31. The number of hydrogen-bond acceptors (Lipinski definition) is 3. The molecular formula is C14H7ClF5NO2. The number of oxime groups is 1. The molecule has 122 valence electrons. The van der Waals surface area contributed by atoms with Crippen molar-refractivity contribution in [3.05, 3.63) is 58.1 Å². The van der Waals surface area contributed by atoms with Crippen LogP contribution in [0.25, 0.3) is 0 Å². The smallest absolute Gasteiger partial charge is 0.416 e. The molecular weight excluding hydrogens is 345 g/mol. The zero-order valence-electron chi connectivity index (χ0n) is 11.0. The van der Waals surface area contributed by atoms with Gasteiger partial charge in [0.15, 0.2) is 11.6 Å². The summed E-state index contributed by atoms with van der Waals surface area (Å²) in [6.07, 6.45) is -3.99. The molecule has 0 unspecified atom stereocenters. The Morgan fingerprint density at radius 3 is 2.35 bits per heavy atom. The number of hydrogen-bond donors (Lipinski definition) is 1. The lowest BCUT2D eigenvalue weighted by Crippen LogP contribution is -2.06. The van der Waals surface area contributed by atoms with E-state index in [1.807, 2.05) is 0 Å². The second kappa shape index (κ2) is 6.41. The summed E-state index contributed by atoms with van der Waals surface area (Å²) in [6, 6.07) is 3.86. The fraction of sp³-hybridized carbons (Fsp3) is 0.0714. The Morgan fingerprint density at radius 2 is 1.78 bits per heavy atom. The van der Waals surface area contributed by atoms with E-state index in [2.05, 4.69) is 5.16 Å². The van der Waals surface area contributed by atoms with E-state index in [9.17, 15) is 22.0 Å². The maximum Gasteiger partial charge on any atom is 0.416 e. The molecule has 0 atom stereocenters. The van der Waals surface area contributed by atoms with E-state index in [-0.39, 0.29) is 17.4 Å². The molecule has 0 aliphatic carbocycles. The number of nitrogens with zero attached hydrogens (tertiary/aromatic N) is 1. The third-order valence-electron chi connectivity index (χ3n) is 2.71. The molecule has 0 aliphatic rings. The van der Waals surface area contributed by atoms with Gasteiger partial charge in [0.1, 0.15) is 11.6 Å². The molecule has 2 aromatic rings. The first-order chi connectivity index (χ1) is 10.7. The van der Waals surface area contributed by atoms with Crippen LogP contribution in [-0.4, -0.2) is 11.4 Å². The first kappa shape index (κ1) is 17.0. The molecule has 3 nitrogen and oxygen atoms in total. The van der Waals surface area contributed by atoms with Gasteiger partial charge in [0, 0.05) is 5.56 Å². The van der Waals surface area contributed by atoms with E-state index in [4.69, 9.17) is 21.5 Å². The predicted octanol–water partition coefficient (Wildman–Crippen LogP) is 5.24. The molecule has 0 heterocycles. The second-order valence-electron chi connectivity index (χ2n) is 4.30. The van der Waals surface area contributed by atoms with Gasteiger partial charge in [-0.05, 0) is 30.3 Å². The largest absolute Gasteiger partial charge is 0.453 e. The lowest BCUT2D eigenvalue weighted by molar-refractivity contribution is -0.137. The third-order valence-corrected chi connectivity index (χ3v) is 2.99. The monoisotopic (exact) mass is 351 g/mol. The van der Waals surface area contributed by atoms with E-state index >= 15 is 0 Å². The van der Waals surface area contributed by atoms with Crippen LogP contribution in [0.4, 0.5) is 22.0 Å². The van der Waals surface area contributed by atoms with Crippen molar-refractivity contribution in [2.24, 2.45) is 5.16 Å². The van der Waals surface area contributed by atoms with E-state index < -0.39 is 34.1 Å². The Balaban J connectivity index is 2.39. The molecule has 0 saturated heterocycles. The van der Waals surface area contributed by atoms with Crippen molar-refractivity contribution in [2.75, 3.05) is 0 Å². The van der Waals surface area contributed by atoms with Crippen LogP contribution in [-0.2, 0) is 6.18 Å². The van der Waals surface area contributed by atoms with Gasteiger partial charge in [-0.15, -0.1) is 0 Å². The number of benzene rings is 2. The molecule has 2 aromatic carbocycles.